The number of anilines is 1. The molecular formula is C23H22F4N4O2. The first-order chi connectivity index (χ1) is 15.7. The molecule has 1 saturated carbocycles. The van der Waals surface area contributed by atoms with Gasteiger partial charge in [0.05, 0.1) is 11.8 Å². The molecule has 0 bridgehead atoms. The normalized spacial score (nSPS) is 17.5. The number of ether oxygens (including phenoxy) is 1. The van der Waals surface area contributed by atoms with E-state index in [-0.39, 0.29) is 28.9 Å². The van der Waals surface area contributed by atoms with Gasteiger partial charge in [0.15, 0.2) is 0 Å². The number of nitrogens with one attached hydrogen (secondary N) is 1. The van der Waals surface area contributed by atoms with Crippen LogP contribution in [0.1, 0.15) is 59.1 Å². The molecule has 0 atom stereocenters. The Morgan fingerprint density at radius 2 is 1.85 bits per heavy atom. The zero-order valence-electron chi connectivity index (χ0n) is 17.6. The van der Waals surface area contributed by atoms with E-state index in [1.54, 1.807) is 4.90 Å². The van der Waals surface area contributed by atoms with Gasteiger partial charge in [-0.05, 0) is 55.7 Å². The number of piperidine rings is 1. The summed E-state index contributed by atoms with van der Waals surface area (Å²) < 4.78 is 55.8. The van der Waals surface area contributed by atoms with Crippen LogP contribution in [0.25, 0.3) is 11.0 Å². The number of pyridine rings is 1. The number of hydrogen-bond acceptors (Lipinski definition) is 4. The zero-order valence-corrected chi connectivity index (χ0v) is 17.6. The highest BCUT2D eigenvalue weighted by Gasteiger charge is 2.33. The number of H-pyrrole nitrogens is 1. The molecule has 6 nitrogen and oxygen atoms in total. The number of aromatic amines is 1. The van der Waals surface area contributed by atoms with Gasteiger partial charge in [0.25, 0.3) is 5.91 Å². The minimum Gasteiger partial charge on any atom is -0.406 e. The van der Waals surface area contributed by atoms with Gasteiger partial charge in [0.2, 0.25) is 0 Å². The van der Waals surface area contributed by atoms with Crippen molar-refractivity contribution in [3.05, 3.63) is 53.1 Å². The number of nitrogens with zero attached hydrogens (tertiary/aromatic N) is 2. The monoisotopic (exact) mass is 462 g/mol. The highest BCUT2D eigenvalue weighted by molar-refractivity contribution is 5.99. The first-order valence-electron chi connectivity index (χ1n) is 10.8. The maximum Gasteiger partial charge on any atom is 0.573 e. The van der Waals surface area contributed by atoms with Crippen molar-refractivity contribution in [1.82, 2.24) is 14.9 Å². The van der Waals surface area contributed by atoms with Crippen molar-refractivity contribution in [3.63, 3.8) is 0 Å². The topological polar surface area (TPSA) is 84.2 Å². The maximum absolute atomic E-state index is 14.8. The Morgan fingerprint density at radius 1 is 1.12 bits per heavy atom. The fourth-order valence-electron chi connectivity index (χ4n) is 4.59. The SMILES string of the molecule is Nc1cc(OC(F)(F)F)ccc1C(=O)N1CCC(c2c(F)cnc3[nH]c(C4CC4)cc23)CC1. The summed E-state index contributed by atoms with van der Waals surface area (Å²) in [7, 11) is 0. The van der Waals surface area contributed by atoms with Crippen LogP contribution in [0.2, 0.25) is 0 Å². The summed E-state index contributed by atoms with van der Waals surface area (Å²) in [5.41, 5.74) is 8.24. The number of aromatic nitrogens is 2. The number of halogens is 4. The molecule has 2 fully saturated rings. The van der Waals surface area contributed by atoms with E-state index >= 15 is 0 Å². The Hall–Kier alpha value is -3.30. The molecule has 33 heavy (non-hydrogen) atoms. The van der Waals surface area contributed by atoms with E-state index in [1.807, 2.05) is 6.07 Å². The summed E-state index contributed by atoms with van der Waals surface area (Å²) in [5.74, 6) is -0.777. The quantitative estimate of drug-likeness (QED) is 0.418. The van der Waals surface area contributed by atoms with E-state index in [1.165, 1.54) is 12.3 Å². The third-order valence-electron chi connectivity index (χ3n) is 6.37. The van der Waals surface area contributed by atoms with Gasteiger partial charge in [-0.25, -0.2) is 9.37 Å². The summed E-state index contributed by atoms with van der Waals surface area (Å²) >= 11 is 0. The van der Waals surface area contributed by atoms with Crippen LogP contribution in [-0.2, 0) is 0 Å². The van der Waals surface area contributed by atoms with Gasteiger partial charge in [-0.15, -0.1) is 13.2 Å². The second-order valence-electron chi connectivity index (χ2n) is 8.64. The number of nitrogens with two attached hydrogens (primary N) is 1. The maximum atomic E-state index is 14.8. The number of carbonyl (C=O) groups excluding carboxylic acids is 1. The lowest BCUT2D eigenvalue weighted by Crippen LogP contribution is -2.38. The number of alkyl halides is 3. The largest absolute Gasteiger partial charge is 0.573 e. The van der Waals surface area contributed by atoms with Crippen LogP contribution in [0.15, 0.2) is 30.5 Å². The van der Waals surface area contributed by atoms with Crippen LogP contribution in [-0.4, -0.2) is 40.2 Å². The van der Waals surface area contributed by atoms with Crippen LogP contribution < -0.4 is 10.5 Å². The molecule has 0 radical (unpaired) electrons. The van der Waals surface area contributed by atoms with E-state index in [2.05, 4.69) is 14.7 Å². The fourth-order valence-corrected chi connectivity index (χ4v) is 4.59. The summed E-state index contributed by atoms with van der Waals surface area (Å²) in [6.45, 7) is 0.764. The van der Waals surface area contributed by atoms with E-state index in [9.17, 15) is 22.4 Å². The summed E-state index contributed by atoms with van der Waals surface area (Å²) in [6, 6.07) is 5.29. The van der Waals surface area contributed by atoms with Crippen LogP contribution in [0.3, 0.4) is 0 Å². The molecule has 3 heterocycles. The number of benzene rings is 1. The molecule has 1 aromatic carbocycles. The van der Waals surface area contributed by atoms with Crippen LogP contribution in [0.4, 0.5) is 23.2 Å². The van der Waals surface area contributed by atoms with Gasteiger partial charge in [-0.1, -0.05) is 0 Å². The van der Waals surface area contributed by atoms with Crippen molar-refractivity contribution in [2.75, 3.05) is 18.8 Å². The number of nitrogen functional groups attached to an aromatic ring is 1. The Balaban J connectivity index is 1.30. The molecule has 3 aromatic rings. The first kappa shape index (κ1) is 21.5. The lowest BCUT2D eigenvalue weighted by atomic mass is 9.87. The minimum atomic E-state index is -4.84. The average Bonchev–Trinajstić information content (AvgIpc) is 3.52. The summed E-state index contributed by atoms with van der Waals surface area (Å²) in [5, 5.41) is 0.797. The summed E-state index contributed by atoms with van der Waals surface area (Å²) in [4.78, 5) is 22.0. The zero-order chi connectivity index (χ0) is 23.3. The third kappa shape index (κ3) is 4.34. The van der Waals surface area contributed by atoms with Crippen LogP contribution in [0.5, 0.6) is 5.75 Å². The first-order valence-corrected chi connectivity index (χ1v) is 10.8. The number of likely N-dealkylation sites (tertiary alicyclic amines) is 1. The van der Waals surface area contributed by atoms with Crippen LogP contribution >= 0.6 is 0 Å². The van der Waals surface area contributed by atoms with Crippen molar-refractivity contribution in [3.8, 4) is 5.75 Å². The second-order valence-corrected chi connectivity index (χ2v) is 8.64. The third-order valence-corrected chi connectivity index (χ3v) is 6.37. The van der Waals surface area contributed by atoms with Gasteiger partial charge < -0.3 is 20.4 Å². The second kappa shape index (κ2) is 7.93. The molecule has 0 spiro atoms. The predicted molar refractivity (Wildman–Crippen MR) is 113 cm³/mol. The predicted octanol–water partition coefficient (Wildman–Crippen LogP) is 5.08. The molecule has 2 aliphatic rings. The Labute approximate surface area is 186 Å². The Kier molecular flexibility index (Phi) is 5.18. The number of fused-ring (bicyclic) bond motifs is 1. The molecule has 1 aliphatic heterocycles. The molecule has 0 unspecified atom stereocenters. The van der Waals surface area contributed by atoms with Crippen LogP contribution in [0, 0.1) is 5.82 Å². The highest BCUT2D eigenvalue weighted by Crippen LogP contribution is 2.42. The fraction of sp³-hybridized carbons (Fsp3) is 0.391. The number of hydrogen-bond donors (Lipinski definition) is 2. The molecule has 5 rings (SSSR count). The standard InChI is InChI=1S/C23H22F4N4O2/c24-17-11-29-21-16(10-19(30-21)12-1-2-12)20(17)13-5-7-31(8-6-13)22(32)15-4-3-14(9-18(15)28)33-23(25,26)27/h3-4,9-13H,1-2,5-8,28H2,(H,29,30). The molecule has 3 N–H and O–H groups in total. The van der Waals surface area contributed by atoms with Crippen molar-refractivity contribution < 1.29 is 27.1 Å². The van der Waals surface area contributed by atoms with Gasteiger partial charge in [-0.3, -0.25) is 4.79 Å². The molecular weight excluding hydrogens is 440 g/mol. The lowest BCUT2D eigenvalue weighted by Gasteiger charge is -2.33. The Bertz CT molecular complexity index is 1210. The molecule has 2 aromatic heterocycles. The minimum absolute atomic E-state index is 0.0673. The number of carbonyl (C=O) groups is 1. The van der Waals surface area contributed by atoms with Gasteiger partial charge in [0, 0.05) is 41.5 Å². The van der Waals surface area contributed by atoms with Gasteiger partial charge >= 0.3 is 6.36 Å². The van der Waals surface area contributed by atoms with E-state index in [0.29, 0.717) is 43.1 Å². The van der Waals surface area contributed by atoms with Gasteiger partial charge in [-0.2, -0.15) is 0 Å². The van der Waals surface area contributed by atoms with Gasteiger partial charge in [0.1, 0.15) is 17.2 Å². The van der Waals surface area contributed by atoms with Crippen molar-refractivity contribution in [2.24, 2.45) is 0 Å². The number of rotatable bonds is 4. The van der Waals surface area contributed by atoms with Crippen molar-refractivity contribution >= 4 is 22.6 Å². The molecule has 10 heteroatoms. The van der Waals surface area contributed by atoms with E-state index < -0.39 is 12.1 Å². The van der Waals surface area contributed by atoms with Crippen molar-refractivity contribution in [2.45, 2.75) is 43.9 Å². The van der Waals surface area contributed by atoms with E-state index in [0.717, 1.165) is 36.1 Å². The molecule has 1 aliphatic carbocycles. The summed E-state index contributed by atoms with van der Waals surface area (Å²) in [6.07, 6.45) is -0.239. The number of amides is 1. The molecule has 1 saturated heterocycles. The van der Waals surface area contributed by atoms with E-state index in [4.69, 9.17) is 5.73 Å². The van der Waals surface area contributed by atoms with Crippen molar-refractivity contribution in [1.29, 1.82) is 0 Å². The molecule has 1 amide bonds. The smallest absolute Gasteiger partial charge is 0.406 e. The highest BCUT2D eigenvalue weighted by atomic mass is 19.4. The lowest BCUT2D eigenvalue weighted by molar-refractivity contribution is -0.274. The molecule has 174 valence electrons. The average molecular weight is 462 g/mol. The Morgan fingerprint density at radius 3 is 2.48 bits per heavy atom.